The fraction of sp³-hybridized carbons (Fsp3) is 0.474. The number of carbonyl (C=O) groups is 2. The van der Waals surface area contributed by atoms with Crippen LogP contribution in [0.15, 0.2) is 24.4 Å². The van der Waals surface area contributed by atoms with Crippen molar-refractivity contribution in [3.8, 4) is 0 Å². The van der Waals surface area contributed by atoms with E-state index in [0.29, 0.717) is 18.0 Å². The van der Waals surface area contributed by atoms with Crippen molar-refractivity contribution in [3.63, 3.8) is 0 Å². The molecule has 0 spiro atoms. The molecular weight excluding hydrogens is 288 g/mol. The van der Waals surface area contributed by atoms with Gasteiger partial charge in [-0.3, -0.25) is 9.59 Å². The Morgan fingerprint density at radius 3 is 2.70 bits per heavy atom. The predicted octanol–water partition coefficient (Wildman–Crippen LogP) is 3.27. The number of likely N-dealkylation sites (tertiary alicyclic amines) is 1. The van der Waals surface area contributed by atoms with E-state index in [4.69, 9.17) is 0 Å². The number of para-hydroxylation sites is 1. The Balaban J connectivity index is 1.90. The molecule has 1 aromatic carbocycles. The summed E-state index contributed by atoms with van der Waals surface area (Å²) < 4.78 is 1.96. The summed E-state index contributed by atoms with van der Waals surface area (Å²) in [6.07, 6.45) is 5.75. The Morgan fingerprint density at radius 1 is 1.30 bits per heavy atom. The van der Waals surface area contributed by atoms with Gasteiger partial charge < -0.3 is 9.47 Å². The third-order valence-corrected chi connectivity index (χ3v) is 4.96. The SMILES string of the molecule is CCc1cccc2c(C=O)cn(CC(=O)N3CCC(C)CC3)c12. The maximum atomic E-state index is 12.6. The van der Waals surface area contributed by atoms with Crippen molar-refractivity contribution in [2.75, 3.05) is 13.1 Å². The van der Waals surface area contributed by atoms with Crippen LogP contribution in [-0.2, 0) is 17.8 Å². The lowest BCUT2D eigenvalue weighted by atomic mass is 9.99. The summed E-state index contributed by atoms with van der Waals surface area (Å²) in [6, 6.07) is 6.01. The number of aryl methyl sites for hydroxylation is 1. The van der Waals surface area contributed by atoms with E-state index in [-0.39, 0.29) is 5.91 Å². The molecule has 23 heavy (non-hydrogen) atoms. The van der Waals surface area contributed by atoms with Gasteiger partial charge in [0.15, 0.2) is 6.29 Å². The first-order valence-electron chi connectivity index (χ1n) is 8.47. The van der Waals surface area contributed by atoms with Crippen molar-refractivity contribution in [1.82, 2.24) is 9.47 Å². The van der Waals surface area contributed by atoms with E-state index in [1.165, 1.54) is 5.56 Å². The van der Waals surface area contributed by atoms with Crippen molar-refractivity contribution in [1.29, 1.82) is 0 Å². The molecule has 1 fully saturated rings. The summed E-state index contributed by atoms with van der Waals surface area (Å²) >= 11 is 0. The highest BCUT2D eigenvalue weighted by atomic mass is 16.2. The van der Waals surface area contributed by atoms with E-state index in [1.54, 1.807) is 0 Å². The van der Waals surface area contributed by atoms with Gasteiger partial charge in [0, 0.05) is 30.2 Å². The first-order chi connectivity index (χ1) is 11.1. The zero-order valence-corrected chi connectivity index (χ0v) is 13.9. The summed E-state index contributed by atoms with van der Waals surface area (Å²) in [5.74, 6) is 0.858. The van der Waals surface area contributed by atoms with Gasteiger partial charge in [-0.05, 0) is 30.7 Å². The third-order valence-electron chi connectivity index (χ3n) is 4.96. The zero-order valence-electron chi connectivity index (χ0n) is 13.9. The van der Waals surface area contributed by atoms with Crippen LogP contribution in [0, 0.1) is 5.92 Å². The van der Waals surface area contributed by atoms with Gasteiger partial charge in [0.1, 0.15) is 6.54 Å². The number of nitrogens with zero attached hydrogens (tertiary/aromatic N) is 2. The van der Waals surface area contributed by atoms with Gasteiger partial charge in [-0.2, -0.15) is 0 Å². The molecule has 122 valence electrons. The molecule has 3 rings (SSSR count). The van der Waals surface area contributed by atoms with Gasteiger partial charge in [0.2, 0.25) is 5.91 Å². The molecule has 0 saturated carbocycles. The number of carbonyl (C=O) groups excluding carboxylic acids is 2. The second-order valence-electron chi connectivity index (χ2n) is 6.56. The molecule has 2 aromatic rings. The first-order valence-corrected chi connectivity index (χ1v) is 8.47. The van der Waals surface area contributed by atoms with E-state index in [0.717, 1.165) is 49.5 Å². The Hall–Kier alpha value is -2.10. The molecule has 1 aromatic heterocycles. The topological polar surface area (TPSA) is 42.3 Å². The lowest BCUT2D eigenvalue weighted by Gasteiger charge is -2.30. The average Bonchev–Trinajstić information content (AvgIpc) is 2.93. The molecule has 0 unspecified atom stereocenters. The number of fused-ring (bicyclic) bond motifs is 1. The van der Waals surface area contributed by atoms with Gasteiger partial charge in [-0.1, -0.05) is 32.0 Å². The summed E-state index contributed by atoms with van der Waals surface area (Å²) in [4.78, 5) is 25.9. The zero-order chi connectivity index (χ0) is 16.4. The monoisotopic (exact) mass is 312 g/mol. The predicted molar refractivity (Wildman–Crippen MR) is 91.7 cm³/mol. The van der Waals surface area contributed by atoms with Crippen LogP contribution < -0.4 is 0 Å². The van der Waals surface area contributed by atoms with E-state index in [9.17, 15) is 9.59 Å². The molecule has 1 aliphatic heterocycles. The number of amides is 1. The highest BCUT2D eigenvalue weighted by Gasteiger charge is 2.21. The van der Waals surface area contributed by atoms with Gasteiger partial charge >= 0.3 is 0 Å². The second-order valence-corrected chi connectivity index (χ2v) is 6.56. The average molecular weight is 312 g/mol. The lowest BCUT2D eigenvalue weighted by molar-refractivity contribution is -0.133. The second kappa shape index (κ2) is 6.57. The lowest BCUT2D eigenvalue weighted by Crippen LogP contribution is -2.39. The number of piperidine rings is 1. The number of aromatic nitrogens is 1. The summed E-state index contributed by atoms with van der Waals surface area (Å²) in [5, 5.41) is 0.944. The van der Waals surface area contributed by atoms with Crippen LogP contribution in [0.3, 0.4) is 0 Å². The highest BCUT2D eigenvalue weighted by Crippen LogP contribution is 2.25. The molecule has 4 heteroatoms. The Labute approximate surface area is 137 Å². The van der Waals surface area contributed by atoms with E-state index in [2.05, 4.69) is 19.9 Å². The maximum Gasteiger partial charge on any atom is 0.242 e. The van der Waals surface area contributed by atoms with Crippen LogP contribution >= 0.6 is 0 Å². The number of rotatable bonds is 4. The third kappa shape index (κ3) is 3.03. The van der Waals surface area contributed by atoms with Crippen LogP contribution in [-0.4, -0.2) is 34.7 Å². The minimum atomic E-state index is 0.150. The van der Waals surface area contributed by atoms with Crippen molar-refractivity contribution in [2.24, 2.45) is 5.92 Å². The molecule has 0 aliphatic carbocycles. The molecule has 2 heterocycles. The van der Waals surface area contributed by atoms with E-state index >= 15 is 0 Å². The highest BCUT2D eigenvalue weighted by molar-refractivity contribution is 5.99. The normalized spacial score (nSPS) is 16.0. The van der Waals surface area contributed by atoms with Crippen molar-refractivity contribution in [3.05, 3.63) is 35.5 Å². The molecule has 1 amide bonds. The number of aldehydes is 1. The van der Waals surface area contributed by atoms with Crippen LogP contribution in [0.25, 0.3) is 10.9 Å². The number of benzene rings is 1. The fourth-order valence-corrected chi connectivity index (χ4v) is 3.47. The standard InChI is InChI=1S/C19H24N2O2/c1-3-15-5-4-6-17-16(13-22)11-21(19(15)17)12-18(23)20-9-7-14(2)8-10-20/h4-6,11,13-14H,3,7-10,12H2,1-2H3. The molecule has 0 radical (unpaired) electrons. The van der Waals surface area contributed by atoms with Crippen molar-refractivity contribution < 1.29 is 9.59 Å². The van der Waals surface area contributed by atoms with E-state index < -0.39 is 0 Å². The molecule has 0 bridgehead atoms. The Kier molecular flexibility index (Phi) is 4.51. The minimum Gasteiger partial charge on any atom is -0.341 e. The summed E-state index contributed by atoms with van der Waals surface area (Å²) in [5.41, 5.74) is 2.86. The van der Waals surface area contributed by atoms with Crippen LogP contribution in [0.5, 0.6) is 0 Å². The Morgan fingerprint density at radius 2 is 2.04 bits per heavy atom. The molecule has 4 nitrogen and oxygen atoms in total. The van der Waals surface area contributed by atoms with Gasteiger partial charge in [-0.25, -0.2) is 0 Å². The summed E-state index contributed by atoms with van der Waals surface area (Å²) in [6.45, 7) is 6.35. The summed E-state index contributed by atoms with van der Waals surface area (Å²) in [7, 11) is 0. The van der Waals surface area contributed by atoms with Crippen LogP contribution in [0.1, 0.15) is 42.6 Å². The quantitative estimate of drug-likeness (QED) is 0.813. The van der Waals surface area contributed by atoms with E-state index in [1.807, 2.05) is 27.8 Å². The van der Waals surface area contributed by atoms with Gasteiger partial charge in [-0.15, -0.1) is 0 Å². The van der Waals surface area contributed by atoms with Gasteiger partial charge in [0.25, 0.3) is 0 Å². The van der Waals surface area contributed by atoms with Gasteiger partial charge in [0.05, 0.1) is 5.52 Å². The Bertz CT molecular complexity index is 724. The molecule has 1 aliphatic rings. The number of hydrogen-bond acceptors (Lipinski definition) is 2. The molecular formula is C19H24N2O2. The number of hydrogen-bond donors (Lipinski definition) is 0. The van der Waals surface area contributed by atoms with Crippen LogP contribution in [0.4, 0.5) is 0 Å². The van der Waals surface area contributed by atoms with Crippen LogP contribution in [0.2, 0.25) is 0 Å². The largest absolute Gasteiger partial charge is 0.341 e. The molecule has 0 atom stereocenters. The molecule has 1 saturated heterocycles. The van der Waals surface area contributed by atoms with Crippen molar-refractivity contribution in [2.45, 2.75) is 39.7 Å². The van der Waals surface area contributed by atoms with Crippen molar-refractivity contribution >= 4 is 23.1 Å². The first kappa shape index (κ1) is 15.8. The maximum absolute atomic E-state index is 12.6. The fourth-order valence-electron chi connectivity index (χ4n) is 3.47. The smallest absolute Gasteiger partial charge is 0.242 e. The molecule has 0 N–H and O–H groups in total. The minimum absolute atomic E-state index is 0.150.